The molecular weight excluding hydrogens is 180 g/mol. The van der Waals surface area contributed by atoms with Crippen molar-refractivity contribution in [1.82, 2.24) is 0 Å². The molecule has 4 fully saturated rings. The summed E-state index contributed by atoms with van der Waals surface area (Å²) in [4.78, 5) is 0. The van der Waals surface area contributed by atoms with Crippen molar-refractivity contribution < 1.29 is 0 Å². The smallest absolute Gasteiger partial charge is 0.0141 e. The molecule has 0 aliphatic heterocycles. The lowest BCUT2D eigenvalue weighted by Crippen LogP contribution is -2.58. The molecule has 4 saturated carbocycles. The lowest BCUT2D eigenvalue weighted by atomic mass is 9.40. The van der Waals surface area contributed by atoms with Crippen LogP contribution in [0, 0.1) is 28.6 Å². The van der Waals surface area contributed by atoms with Crippen LogP contribution in [0.2, 0.25) is 0 Å². The number of rotatable bonds is 0. The van der Waals surface area contributed by atoms with Gasteiger partial charge in [-0.1, -0.05) is 32.9 Å². The third kappa shape index (κ3) is 0.905. The Morgan fingerprint density at radius 2 is 1.93 bits per heavy atom. The summed E-state index contributed by atoms with van der Waals surface area (Å²) in [7, 11) is 0. The van der Waals surface area contributed by atoms with E-state index in [2.05, 4.69) is 27.4 Å². The van der Waals surface area contributed by atoms with E-state index in [0.717, 1.165) is 17.8 Å². The minimum atomic E-state index is 0.590. The monoisotopic (exact) mass is 204 g/mol. The topological polar surface area (TPSA) is 0 Å². The Balaban J connectivity index is 2.09. The molecule has 4 rings (SSSR count). The molecule has 0 N–H and O–H groups in total. The first-order chi connectivity index (χ1) is 7.00. The predicted octanol–water partition coefficient (Wildman–Crippen LogP) is 4.42. The second-order valence-electron chi connectivity index (χ2n) is 6.89. The molecule has 0 unspecified atom stereocenters. The van der Waals surface area contributed by atoms with E-state index in [1.807, 2.05) is 0 Å². The highest BCUT2D eigenvalue weighted by Crippen LogP contribution is 2.75. The van der Waals surface area contributed by atoms with Gasteiger partial charge in [-0.05, 0) is 60.7 Å². The Morgan fingerprint density at radius 1 is 1.20 bits per heavy atom. The minimum Gasteiger partial charge on any atom is -0.0996 e. The molecular formula is C15H24. The van der Waals surface area contributed by atoms with E-state index in [1.165, 1.54) is 32.1 Å². The van der Waals surface area contributed by atoms with E-state index in [0.29, 0.717) is 10.8 Å². The van der Waals surface area contributed by atoms with Gasteiger partial charge in [-0.15, -0.1) is 0 Å². The highest BCUT2D eigenvalue weighted by molar-refractivity contribution is 5.25. The van der Waals surface area contributed by atoms with Gasteiger partial charge >= 0.3 is 0 Å². The zero-order chi connectivity index (χ0) is 10.8. The van der Waals surface area contributed by atoms with Crippen molar-refractivity contribution in [2.75, 3.05) is 0 Å². The summed E-state index contributed by atoms with van der Waals surface area (Å²) in [6.07, 6.45) is 7.10. The maximum atomic E-state index is 4.39. The van der Waals surface area contributed by atoms with Crippen LogP contribution in [-0.2, 0) is 0 Å². The third-order valence-electron chi connectivity index (χ3n) is 6.50. The van der Waals surface area contributed by atoms with E-state index in [1.54, 1.807) is 5.57 Å². The summed E-state index contributed by atoms with van der Waals surface area (Å²) in [5, 5.41) is 0. The van der Waals surface area contributed by atoms with Crippen LogP contribution in [0.15, 0.2) is 12.2 Å². The van der Waals surface area contributed by atoms with Crippen LogP contribution in [0.4, 0.5) is 0 Å². The normalized spacial score (nSPS) is 51.9. The summed E-state index contributed by atoms with van der Waals surface area (Å²) in [5.74, 6) is 2.78. The number of fused-ring (bicyclic) bond motifs is 2. The average Bonchev–Trinajstić information content (AvgIpc) is 2.40. The largest absolute Gasteiger partial charge is 0.0996 e. The molecule has 1 spiro atoms. The molecule has 4 aliphatic rings. The van der Waals surface area contributed by atoms with Gasteiger partial charge in [0.1, 0.15) is 0 Å². The van der Waals surface area contributed by atoms with E-state index >= 15 is 0 Å². The first-order valence-corrected chi connectivity index (χ1v) is 6.68. The lowest BCUT2D eigenvalue weighted by Gasteiger charge is -2.64. The lowest BCUT2D eigenvalue weighted by molar-refractivity contribution is -0.155. The van der Waals surface area contributed by atoms with Crippen molar-refractivity contribution >= 4 is 0 Å². The van der Waals surface area contributed by atoms with Crippen LogP contribution in [0.1, 0.15) is 52.9 Å². The van der Waals surface area contributed by atoms with Crippen molar-refractivity contribution in [2.45, 2.75) is 52.9 Å². The molecule has 0 saturated heterocycles. The van der Waals surface area contributed by atoms with Crippen LogP contribution in [0.3, 0.4) is 0 Å². The molecule has 15 heavy (non-hydrogen) atoms. The van der Waals surface area contributed by atoms with Crippen molar-refractivity contribution in [3.63, 3.8) is 0 Å². The molecule has 0 radical (unpaired) electrons. The van der Waals surface area contributed by atoms with E-state index in [-0.39, 0.29) is 0 Å². The zero-order valence-corrected chi connectivity index (χ0v) is 10.5. The van der Waals surface area contributed by atoms with E-state index in [9.17, 15) is 0 Å². The Kier molecular flexibility index (Phi) is 1.79. The third-order valence-corrected chi connectivity index (χ3v) is 6.50. The maximum absolute atomic E-state index is 4.39. The molecule has 0 heteroatoms. The van der Waals surface area contributed by atoms with Gasteiger partial charge in [0.2, 0.25) is 0 Å². The highest BCUT2D eigenvalue weighted by Gasteiger charge is 2.68. The van der Waals surface area contributed by atoms with Gasteiger partial charge < -0.3 is 0 Å². The van der Waals surface area contributed by atoms with Crippen molar-refractivity contribution in [3.8, 4) is 0 Å². The second-order valence-corrected chi connectivity index (χ2v) is 6.89. The van der Waals surface area contributed by atoms with Gasteiger partial charge in [0.05, 0.1) is 0 Å². The molecule has 0 aromatic rings. The summed E-state index contributed by atoms with van der Waals surface area (Å²) >= 11 is 0. The zero-order valence-electron chi connectivity index (χ0n) is 10.5. The predicted molar refractivity (Wildman–Crippen MR) is 64.6 cm³/mol. The Morgan fingerprint density at radius 3 is 2.60 bits per heavy atom. The van der Waals surface area contributed by atoms with Gasteiger partial charge in [-0.25, -0.2) is 0 Å². The average molecular weight is 204 g/mol. The quantitative estimate of drug-likeness (QED) is 0.513. The SMILES string of the molecule is C=C1CC[C@H]2C[C@@]3([C@@H]1CC[C@@H]3C)C2(C)C. The van der Waals surface area contributed by atoms with Crippen LogP contribution >= 0.6 is 0 Å². The molecule has 4 aliphatic carbocycles. The number of allylic oxidation sites excluding steroid dienone is 1. The minimum absolute atomic E-state index is 0.590. The molecule has 0 nitrogen and oxygen atoms in total. The molecule has 84 valence electrons. The summed E-state index contributed by atoms with van der Waals surface area (Å²) in [5.41, 5.74) is 2.82. The standard InChI is InChI=1S/C15H24/c1-10-5-7-12-9-15(14(12,3)4)11(2)6-8-13(10)15/h11-13H,1,5-9H2,2-4H3/t11-,12-,13+,15+/m0/s1. The molecule has 0 amide bonds. The fraction of sp³-hybridized carbons (Fsp3) is 0.867. The van der Waals surface area contributed by atoms with Crippen molar-refractivity contribution in [3.05, 3.63) is 12.2 Å². The van der Waals surface area contributed by atoms with Gasteiger partial charge in [0.25, 0.3) is 0 Å². The Labute approximate surface area is 94.1 Å². The van der Waals surface area contributed by atoms with E-state index < -0.39 is 0 Å². The number of hydrogen-bond acceptors (Lipinski definition) is 0. The Hall–Kier alpha value is -0.260. The molecule has 4 atom stereocenters. The summed E-state index contributed by atoms with van der Waals surface area (Å²) in [6, 6.07) is 0. The Bertz CT molecular complexity index is 312. The molecule has 0 aromatic carbocycles. The van der Waals surface area contributed by atoms with Crippen LogP contribution < -0.4 is 0 Å². The van der Waals surface area contributed by atoms with E-state index in [4.69, 9.17) is 0 Å². The van der Waals surface area contributed by atoms with Gasteiger partial charge in [-0.3, -0.25) is 0 Å². The van der Waals surface area contributed by atoms with Gasteiger partial charge in [0.15, 0.2) is 0 Å². The first kappa shape index (κ1) is 9.93. The highest BCUT2D eigenvalue weighted by atomic mass is 14.7. The summed E-state index contributed by atoms with van der Waals surface area (Å²) < 4.78 is 0. The molecule has 2 bridgehead atoms. The summed E-state index contributed by atoms with van der Waals surface area (Å²) in [6.45, 7) is 12.0. The fourth-order valence-electron chi connectivity index (χ4n) is 5.44. The molecule has 0 heterocycles. The maximum Gasteiger partial charge on any atom is -0.0141 e. The molecule has 0 aromatic heterocycles. The van der Waals surface area contributed by atoms with Gasteiger partial charge in [0, 0.05) is 0 Å². The van der Waals surface area contributed by atoms with Gasteiger partial charge in [-0.2, -0.15) is 0 Å². The van der Waals surface area contributed by atoms with Crippen LogP contribution in [0.25, 0.3) is 0 Å². The fourth-order valence-corrected chi connectivity index (χ4v) is 5.44. The second kappa shape index (κ2) is 2.70. The van der Waals surface area contributed by atoms with Crippen LogP contribution in [0.5, 0.6) is 0 Å². The first-order valence-electron chi connectivity index (χ1n) is 6.68. The van der Waals surface area contributed by atoms with Crippen LogP contribution in [-0.4, -0.2) is 0 Å². The number of hydrogen-bond donors (Lipinski definition) is 0. The van der Waals surface area contributed by atoms with Crippen molar-refractivity contribution in [1.29, 1.82) is 0 Å². The van der Waals surface area contributed by atoms with Crippen molar-refractivity contribution in [2.24, 2.45) is 28.6 Å².